The molecule has 20 heavy (non-hydrogen) atoms. The number of hydrogen-bond acceptors (Lipinski definition) is 3. The number of hydrogen-bond donors (Lipinski definition) is 1. The minimum absolute atomic E-state index is 0.237. The summed E-state index contributed by atoms with van der Waals surface area (Å²) in [5.74, 6) is 1.46. The molecule has 4 heteroatoms. The Balaban J connectivity index is 2.06. The highest BCUT2D eigenvalue weighted by atomic mass is 16.2. The van der Waals surface area contributed by atoms with E-state index in [2.05, 4.69) is 36.3 Å². The first kappa shape index (κ1) is 14.7. The van der Waals surface area contributed by atoms with E-state index in [0.29, 0.717) is 23.4 Å². The molecule has 1 saturated carbocycles. The van der Waals surface area contributed by atoms with E-state index in [1.807, 2.05) is 0 Å². The van der Waals surface area contributed by atoms with Gasteiger partial charge < -0.3 is 0 Å². The number of rotatable bonds is 3. The Kier molecular flexibility index (Phi) is 4.88. The van der Waals surface area contributed by atoms with Crippen LogP contribution in [0.5, 0.6) is 0 Å². The summed E-state index contributed by atoms with van der Waals surface area (Å²) in [6.07, 6.45) is 5.00. The highest BCUT2D eigenvalue weighted by Gasteiger charge is 2.27. The van der Waals surface area contributed by atoms with Crippen molar-refractivity contribution < 1.29 is 4.79 Å². The van der Waals surface area contributed by atoms with E-state index < -0.39 is 0 Å². The molecule has 1 aliphatic carbocycles. The van der Waals surface area contributed by atoms with Crippen molar-refractivity contribution in [3.05, 3.63) is 30.1 Å². The molecule has 1 heterocycles. The van der Waals surface area contributed by atoms with E-state index >= 15 is 0 Å². The van der Waals surface area contributed by atoms with Crippen molar-refractivity contribution in [2.24, 2.45) is 22.9 Å². The van der Waals surface area contributed by atoms with Gasteiger partial charge in [0, 0.05) is 17.8 Å². The van der Waals surface area contributed by atoms with Crippen molar-refractivity contribution in [3.63, 3.8) is 0 Å². The average molecular weight is 273 g/mol. The van der Waals surface area contributed by atoms with E-state index in [-0.39, 0.29) is 5.91 Å². The van der Waals surface area contributed by atoms with Crippen LogP contribution in [0.1, 0.15) is 50.5 Å². The van der Waals surface area contributed by atoms with Crippen LogP contribution in [0.4, 0.5) is 0 Å². The predicted molar refractivity (Wildman–Crippen MR) is 80.5 cm³/mol. The van der Waals surface area contributed by atoms with Crippen molar-refractivity contribution in [1.82, 2.24) is 10.4 Å². The molecule has 0 radical (unpaired) electrons. The average Bonchev–Trinajstić information content (AvgIpc) is 2.45. The van der Waals surface area contributed by atoms with Gasteiger partial charge in [-0.25, -0.2) is 5.43 Å². The van der Waals surface area contributed by atoms with Gasteiger partial charge in [-0.2, -0.15) is 5.10 Å². The molecule has 0 saturated heterocycles. The lowest BCUT2D eigenvalue weighted by Gasteiger charge is -2.30. The van der Waals surface area contributed by atoms with E-state index in [4.69, 9.17) is 0 Å². The summed E-state index contributed by atoms with van der Waals surface area (Å²) >= 11 is 0. The fourth-order valence-electron chi connectivity index (χ4n) is 2.76. The summed E-state index contributed by atoms with van der Waals surface area (Å²) in [7, 11) is 0. The number of nitrogens with one attached hydrogen (secondary N) is 1. The standard InChI is InChI=1S/C16H23N3O/c1-11(2)13-8-7-12(3)10-15(13)18-19-16(20)14-6-4-5-9-17-14/h4-6,9,11-13H,7-8,10H2,1-3H3,(H,19,20)/b18-15-/t12-,13+/m1/s1. The van der Waals surface area contributed by atoms with Gasteiger partial charge in [0.1, 0.15) is 5.69 Å². The Morgan fingerprint density at radius 1 is 1.40 bits per heavy atom. The third kappa shape index (κ3) is 3.65. The zero-order valence-corrected chi connectivity index (χ0v) is 12.5. The molecule has 0 spiro atoms. The Morgan fingerprint density at radius 2 is 2.20 bits per heavy atom. The quantitative estimate of drug-likeness (QED) is 0.859. The fraction of sp³-hybridized carbons (Fsp3) is 0.562. The first-order chi connectivity index (χ1) is 9.58. The molecule has 4 nitrogen and oxygen atoms in total. The Bertz CT molecular complexity index is 482. The van der Waals surface area contributed by atoms with E-state index in [0.717, 1.165) is 18.6 Å². The number of carbonyl (C=O) groups is 1. The van der Waals surface area contributed by atoms with E-state index in [1.54, 1.807) is 24.4 Å². The summed E-state index contributed by atoms with van der Waals surface area (Å²) in [5.41, 5.74) is 4.19. The third-order valence-corrected chi connectivity index (χ3v) is 3.96. The molecule has 108 valence electrons. The molecule has 0 aliphatic heterocycles. The molecule has 0 aromatic carbocycles. The molecule has 1 fully saturated rings. The number of aromatic nitrogens is 1. The van der Waals surface area contributed by atoms with Crippen LogP contribution in [0.3, 0.4) is 0 Å². The normalized spacial score (nSPS) is 24.9. The van der Waals surface area contributed by atoms with Crippen molar-refractivity contribution in [1.29, 1.82) is 0 Å². The molecule has 0 unspecified atom stereocenters. The molecular formula is C16H23N3O. The summed E-state index contributed by atoms with van der Waals surface area (Å²) in [6, 6.07) is 5.29. The summed E-state index contributed by atoms with van der Waals surface area (Å²) in [5, 5.41) is 4.39. The molecular weight excluding hydrogens is 250 g/mol. The first-order valence-corrected chi connectivity index (χ1v) is 7.35. The summed E-state index contributed by atoms with van der Waals surface area (Å²) < 4.78 is 0. The highest BCUT2D eigenvalue weighted by molar-refractivity contribution is 5.94. The predicted octanol–water partition coefficient (Wildman–Crippen LogP) is 3.26. The maximum absolute atomic E-state index is 12.0. The molecule has 1 aromatic rings. The second kappa shape index (κ2) is 6.64. The summed E-state index contributed by atoms with van der Waals surface area (Å²) in [4.78, 5) is 16.0. The zero-order valence-electron chi connectivity index (χ0n) is 12.5. The van der Waals surface area contributed by atoms with Crippen molar-refractivity contribution >= 4 is 11.6 Å². The molecule has 1 N–H and O–H groups in total. The Hall–Kier alpha value is -1.71. The Morgan fingerprint density at radius 3 is 2.85 bits per heavy atom. The fourth-order valence-corrected chi connectivity index (χ4v) is 2.76. The maximum atomic E-state index is 12.0. The molecule has 1 amide bonds. The summed E-state index contributed by atoms with van der Waals surface area (Å²) in [6.45, 7) is 6.68. The minimum atomic E-state index is -0.237. The third-order valence-electron chi connectivity index (χ3n) is 3.96. The lowest BCUT2D eigenvalue weighted by Crippen LogP contribution is -2.31. The molecule has 1 aliphatic rings. The van der Waals surface area contributed by atoms with Crippen LogP contribution in [0.2, 0.25) is 0 Å². The van der Waals surface area contributed by atoms with Crippen LogP contribution in [-0.2, 0) is 0 Å². The smallest absolute Gasteiger partial charge is 0.266 e. The molecule has 2 atom stereocenters. The molecule has 1 aromatic heterocycles. The van der Waals surface area contributed by atoms with Crippen LogP contribution >= 0.6 is 0 Å². The molecule has 0 bridgehead atoms. The number of nitrogens with zero attached hydrogens (tertiary/aromatic N) is 2. The largest absolute Gasteiger partial charge is 0.289 e. The van der Waals surface area contributed by atoms with Gasteiger partial charge in [0.25, 0.3) is 5.91 Å². The van der Waals surface area contributed by atoms with Crippen LogP contribution in [0.15, 0.2) is 29.5 Å². The highest BCUT2D eigenvalue weighted by Crippen LogP contribution is 2.31. The lowest BCUT2D eigenvalue weighted by molar-refractivity contribution is 0.0949. The second-order valence-electron chi connectivity index (χ2n) is 6.00. The van der Waals surface area contributed by atoms with Crippen LogP contribution in [-0.4, -0.2) is 16.6 Å². The van der Waals surface area contributed by atoms with Crippen molar-refractivity contribution in [2.45, 2.75) is 40.0 Å². The molecule has 2 rings (SSSR count). The zero-order chi connectivity index (χ0) is 14.5. The SMILES string of the molecule is CC(C)[C@@H]1CC[C@@H](C)C/C1=N/NC(=O)c1ccccn1. The van der Waals surface area contributed by atoms with Gasteiger partial charge in [-0.1, -0.05) is 26.8 Å². The van der Waals surface area contributed by atoms with Gasteiger partial charge in [-0.3, -0.25) is 9.78 Å². The Labute approximate surface area is 120 Å². The van der Waals surface area contributed by atoms with Crippen LogP contribution in [0, 0.1) is 17.8 Å². The van der Waals surface area contributed by atoms with Crippen LogP contribution < -0.4 is 5.43 Å². The number of hydrazone groups is 1. The van der Waals surface area contributed by atoms with Crippen molar-refractivity contribution in [3.8, 4) is 0 Å². The topological polar surface area (TPSA) is 54.4 Å². The first-order valence-electron chi connectivity index (χ1n) is 7.35. The van der Waals surface area contributed by atoms with Gasteiger partial charge in [0.2, 0.25) is 0 Å². The van der Waals surface area contributed by atoms with Crippen molar-refractivity contribution in [2.75, 3.05) is 0 Å². The van der Waals surface area contributed by atoms with Gasteiger partial charge in [0.05, 0.1) is 0 Å². The van der Waals surface area contributed by atoms with E-state index in [9.17, 15) is 4.79 Å². The van der Waals surface area contributed by atoms with Gasteiger partial charge in [-0.15, -0.1) is 0 Å². The maximum Gasteiger partial charge on any atom is 0.289 e. The second-order valence-corrected chi connectivity index (χ2v) is 6.00. The number of carbonyl (C=O) groups excluding carboxylic acids is 1. The minimum Gasteiger partial charge on any atom is -0.266 e. The number of pyridine rings is 1. The van der Waals surface area contributed by atoms with Gasteiger partial charge >= 0.3 is 0 Å². The monoisotopic (exact) mass is 273 g/mol. The lowest BCUT2D eigenvalue weighted by atomic mass is 9.76. The van der Waals surface area contributed by atoms with Gasteiger partial charge in [-0.05, 0) is 43.2 Å². The van der Waals surface area contributed by atoms with Crippen LogP contribution in [0.25, 0.3) is 0 Å². The van der Waals surface area contributed by atoms with Gasteiger partial charge in [0.15, 0.2) is 0 Å². The van der Waals surface area contributed by atoms with E-state index in [1.165, 1.54) is 6.42 Å². The number of amides is 1.